The van der Waals surface area contributed by atoms with E-state index in [9.17, 15) is 9.59 Å². The first kappa shape index (κ1) is 12.4. The summed E-state index contributed by atoms with van der Waals surface area (Å²) < 4.78 is 0. The van der Waals surface area contributed by atoms with Gasteiger partial charge in [-0.1, -0.05) is 24.6 Å². The minimum absolute atomic E-state index is 0.325. The fourth-order valence-electron chi connectivity index (χ4n) is 1.75. The lowest BCUT2D eigenvalue weighted by Gasteiger charge is -2.25. The molecule has 0 heterocycles. The topological polar surface area (TPSA) is 70.2 Å². The highest BCUT2D eigenvalue weighted by atomic mass is 16.2. The van der Waals surface area contributed by atoms with E-state index in [1.54, 1.807) is 24.3 Å². The Kier molecular flexibility index (Phi) is 4.17. The summed E-state index contributed by atoms with van der Waals surface area (Å²) in [4.78, 5) is 23.0. The van der Waals surface area contributed by atoms with Gasteiger partial charge in [0.2, 0.25) is 0 Å². The summed E-state index contributed by atoms with van der Waals surface area (Å²) in [5, 5.41) is 2.73. The summed E-state index contributed by atoms with van der Waals surface area (Å²) >= 11 is 0. The van der Waals surface area contributed by atoms with Gasteiger partial charge >= 0.3 is 6.03 Å². The molecule has 0 atom stereocenters. The second kappa shape index (κ2) is 6.05. The van der Waals surface area contributed by atoms with E-state index in [-0.39, 0.29) is 11.9 Å². The van der Waals surface area contributed by atoms with Crippen LogP contribution in [0.2, 0.25) is 0 Å². The van der Waals surface area contributed by atoms with E-state index in [0.717, 1.165) is 0 Å². The van der Waals surface area contributed by atoms with Crippen molar-refractivity contribution in [2.24, 2.45) is 5.92 Å². The second-order valence-corrected chi connectivity index (χ2v) is 4.45. The van der Waals surface area contributed by atoms with Crippen LogP contribution in [0.1, 0.15) is 29.6 Å². The molecule has 5 nitrogen and oxygen atoms in total. The van der Waals surface area contributed by atoms with Crippen molar-refractivity contribution in [2.75, 3.05) is 6.54 Å². The first-order valence-electron chi connectivity index (χ1n) is 6.15. The van der Waals surface area contributed by atoms with Gasteiger partial charge in [0, 0.05) is 12.1 Å². The van der Waals surface area contributed by atoms with Crippen LogP contribution in [0.5, 0.6) is 0 Å². The van der Waals surface area contributed by atoms with Gasteiger partial charge in [-0.2, -0.15) is 0 Å². The third-order valence-corrected chi connectivity index (χ3v) is 3.10. The molecular formula is C13H17N3O2. The zero-order valence-corrected chi connectivity index (χ0v) is 10.1. The molecule has 18 heavy (non-hydrogen) atoms. The molecule has 0 bridgehead atoms. The summed E-state index contributed by atoms with van der Waals surface area (Å²) in [7, 11) is 0. The van der Waals surface area contributed by atoms with Crippen molar-refractivity contribution < 1.29 is 9.59 Å². The number of carbonyl (C=O) groups is 2. The molecular weight excluding hydrogens is 230 g/mol. The Labute approximate surface area is 106 Å². The molecule has 0 unspecified atom stereocenters. The summed E-state index contributed by atoms with van der Waals surface area (Å²) in [6.07, 6.45) is 3.60. The molecule has 5 heteroatoms. The maximum atomic E-state index is 11.6. The van der Waals surface area contributed by atoms with Crippen LogP contribution < -0.4 is 16.2 Å². The SMILES string of the molecule is O=C(NCC1CCC1)NNC(=O)c1ccccc1. The summed E-state index contributed by atoms with van der Waals surface area (Å²) in [6.45, 7) is 0.674. The molecule has 3 amide bonds. The van der Waals surface area contributed by atoms with E-state index >= 15 is 0 Å². The number of benzene rings is 1. The van der Waals surface area contributed by atoms with Gasteiger partial charge in [0.05, 0.1) is 0 Å². The third-order valence-electron chi connectivity index (χ3n) is 3.10. The predicted octanol–water partition coefficient (Wildman–Crippen LogP) is 1.43. The number of rotatable bonds is 3. The smallest absolute Gasteiger partial charge is 0.333 e. The zero-order chi connectivity index (χ0) is 12.8. The van der Waals surface area contributed by atoms with Crippen molar-refractivity contribution >= 4 is 11.9 Å². The fraction of sp³-hybridized carbons (Fsp3) is 0.385. The van der Waals surface area contributed by atoms with E-state index in [1.165, 1.54) is 19.3 Å². The number of carbonyl (C=O) groups excluding carboxylic acids is 2. The quantitative estimate of drug-likeness (QED) is 0.707. The maximum absolute atomic E-state index is 11.6. The Morgan fingerprint density at radius 1 is 1.11 bits per heavy atom. The lowest BCUT2D eigenvalue weighted by Crippen LogP contribution is -2.48. The van der Waals surface area contributed by atoms with Crippen LogP contribution in [0.4, 0.5) is 4.79 Å². The normalized spacial score (nSPS) is 14.4. The molecule has 1 aliphatic rings. The molecule has 3 N–H and O–H groups in total. The van der Waals surface area contributed by atoms with Crippen LogP contribution in [0.3, 0.4) is 0 Å². The highest BCUT2D eigenvalue weighted by Crippen LogP contribution is 2.24. The van der Waals surface area contributed by atoms with Crippen LogP contribution >= 0.6 is 0 Å². The number of hydrogen-bond donors (Lipinski definition) is 3. The molecule has 96 valence electrons. The van der Waals surface area contributed by atoms with Crippen LogP contribution in [0, 0.1) is 5.92 Å². The minimum Gasteiger partial charge on any atom is -0.336 e. The summed E-state index contributed by atoms with van der Waals surface area (Å²) in [5.74, 6) is 0.273. The van der Waals surface area contributed by atoms with Gasteiger partial charge < -0.3 is 5.32 Å². The first-order chi connectivity index (χ1) is 8.75. The third kappa shape index (κ3) is 3.48. The first-order valence-corrected chi connectivity index (χ1v) is 6.15. The number of nitrogens with one attached hydrogen (secondary N) is 3. The molecule has 2 rings (SSSR count). The van der Waals surface area contributed by atoms with E-state index in [2.05, 4.69) is 16.2 Å². The molecule has 1 aromatic carbocycles. The van der Waals surface area contributed by atoms with Gasteiger partial charge in [-0.05, 0) is 30.9 Å². The van der Waals surface area contributed by atoms with Gasteiger partial charge in [-0.15, -0.1) is 0 Å². The van der Waals surface area contributed by atoms with Gasteiger partial charge in [0.1, 0.15) is 0 Å². The summed E-state index contributed by atoms with van der Waals surface area (Å²) in [6, 6.07) is 8.37. The van der Waals surface area contributed by atoms with Crippen molar-refractivity contribution in [2.45, 2.75) is 19.3 Å². The van der Waals surface area contributed by atoms with Crippen LogP contribution in [0.15, 0.2) is 30.3 Å². The average Bonchev–Trinajstić information content (AvgIpc) is 2.35. The molecule has 1 fully saturated rings. The van der Waals surface area contributed by atoms with Crippen LogP contribution in [0.25, 0.3) is 0 Å². The van der Waals surface area contributed by atoms with E-state index < -0.39 is 0 Å². The molecule has 0 spiro atoms. The molecule has 1 aromatic rings. The van der Waals surface area contributed by atoms with Crippen molar-refractivity contribution in [1.82, 2.24) is 16.2 Å². The molecule has 0 aromatic heterocycles. The Morgan fingerprint density at radius 2 is 1.83 bits per heavy atom. The van der Waals surface area contributed by atoms with Gasteiger partial charge in [-0.3, -0.25) is 10.2 Å². The fourth-order valence-corrected chi connectivity index (χ4v) is 1.75. The lowest BCUT2D eigenvalue weighted by molar-refractivity contribution is 0.0936. The van der Waals surface area contributed by atoms with Crippen LogP contribution in [-0.4, -0.2) is 18.5 Å². The molecule has 1 saturated carbocycles. The highest BCUT2D eigenvalue weighted by molar-refractivity contribution is 5.95. The molecule has 0 aliphatic heterocycles. The lowest BCUT2D eigenvalue weighted by atomic mass is 9.85. The molecule has 0 saturated heterocycles. The monoisotopic (exact) mass is 247 g/mol. The predicted molar refractivity (Wildman–Crippen MR) is 67.8 cm³/mol. The zero-order valence-electron chi connectivity index (χ0n) is 10.1. The largest absolute Gasteiger partial charge is 0.336 e. The van der Waals surface area contributed by atoms with E-state index in [1.807, 2.05) is 6.07 Å². The van der Waals surface area contributed by atoms with Crippen molar-refractivity contribution in [3.63, 3.8) is 0 Å². The minimum atomic E-state index is -0.369. The second-order valence-electron chi connectivity index (χ2n) is 4.45. The van der Waals surface area contributed by atoms with Gasteiger partial charge in [0.15, 0.2) is 0 Å². The molecule has 0 radical (unpaired) electrons. The highest BCUT2D eigenvalue weighted by Gasteiger charge is 2.17. The number of hydrazine groups is 1. The standard InChI is InChI=1S/C13H17N3O2/c17-12(11-7-2-1-3-8-11)15-16-13(18)14-9-10-5-4-6-10/h1-3,7-8,10H,4-6,9H2,(H,15,17)(H2,14,16,18). The average molecular weight is 247 g/mol. The van der Waals surface area contributed by atoms with E-state index in [0.29, 0.717) is 18.0 Å². The Hall–Kier alpha value is -2.04. The molecule has 1 aliphatic carbocycles. The van der Waals surface area contributed by atoms with Gasteiger partial charge in [-0.25, -0.2) is 10.2 Å². The summed E-state index contributed by atoms with van der Waals surface area (Å²) in [5.41, 5.74) is 5.20. The van der Waals surface area contributed by atoms with Crippen molar-refractivity contribution in [1.29, 1.82) is 0 Å². The van der Waals surface area contributed by atoms with Crippen molar-refractivity contribution in [3.05, 3.63) is 35.9 Å². The van der Waals surface area contributed by atoms with Gasteiger partial charge in [0.25, 0.3) is 5.91 Å². The number of urea groups is 1. The Balaban J connectivity index is 1.67. The van der Waals surface area contributed by atoms with Crippen LogP contribution in [-0.2, 0) is 0 Å². The number of hydrogen-bond acceptors (Lipinski definition) is 2. The number of amides is 3. The van der Waals surface area contributed by atoms with Crippen molar-refractivity contribution in [3.8, 4) is 0 Å². The maximum Gasteiger partial charge on any atom is 0.333 e. The van der Waals surface area contributed by atoms with E-state index in [4.69, 9.17) is 0 Å². The Morgan fingerprint density at radius 3 is 2.44 bits per heavy atom. The Bertz CT molecular complexity index is 416.